The first kappa shape index (κ1) is 20.4. The van der Waals surface area contributed by atoms with Crippen LogP contribution in [-0.4, -0.2) is 16.1 Å². The van der Waals surface area contributed by atoms with Crippen LogP contribution in [0.2, 0.25) is 0 Å². The van der Waals surface area contributed by atoms with Crippen LogP contribution >= 0.6 is 0 Å². The summed E-state index contributed by atoms with van der Waals surface area (Å²) in [5.74, 6) is 0.219. The standard InChI is InChI=1S/C21H18F3NO4/c1-12-3-4-14(10-19(26)27)9-17(12)28-11-18-13(2)25-20(29-18)15-5-7-16(8-6-15)21(22,23)24/h3-9H,10-11H2,1-2H3,(H,26,27). The van der Waals surface area contributed by atoms with Crippen LogP contribution in [0.1, 0.15) is 28.1 Å². The number of carboxylic acid groups (broad SMARTS) is 1. The van der Waals surface area contributed by atoms with Gasteiger partial charge in [-0.05, 0) is 55.3 Å². The van der Waals surface area contributed by atoms with Crippen LogP contribution in [0.5, 0.6) is 5.75 Å². The fourth-order valence-corrected chi connectivity index (χ4v) is 2.72. The number of aliphatic carboxylic acids is 1. The van der Waals surface area contributed by atoms with E-state index in [0.717, 1.165) is 17.7 Å². The Balaban J connectivity index is 1.75. The molecule has 0 radical (unpaired) electrons. The van der Waals surface area contributed by atoms with Crippen molar-refractivity contribution >= 4 is 5.97 Å². The van der Waals surface area contributed by atoms with Gasteiger partial charge in [-0.2, -0.15) is 13.2 Å². The van der Waals surface area contributed by atoms with Crippen molar-refractivity contribution in [2.45, 2.75) is 33.1 Å². The number of nitrogens with zero attached hydrogens (tertiary/aromatic N) is 1. The summed E-state index contributed by atoms with van der Waals surface area (Å²) in [4.78, 5) is 15.1. The van der Waals surface area contributed by atoms with Crippen LogP contribution in [0.3, 0.4) is 0 Å². The first-order valence-corrected chi connectivity index (χ1v) is 8.71. The molecule has 0 saturated heterocycles. The van der Waals surface area contributed by atoms with Gasteiger partial charge in [0, 0.05) is 5.56 Å². The number of ether oxygens (including phenoxy) is 1. The zero-order chi connectivity index (χ0) is 21.2. The summed E-state index contributed by atoms with van der Waals surface area (Å²) in [6.07, 6.45) is -4.52. The van der Waals surface area contributed by atoms with Crippen LogP contribution in [0, 0.1) is 13.8 Å². The maximum absolute atomic E-state index is 12.7. The maximum atomic E-state index is 12.7. The molecule has 29 heavy (non-hydrogen) atoms. The van der Waals surface area contributed by atoms with Crippen molar-refractivity contribution in [3.8, 4) is 17.2 Å². The Labute approximate surface area is 164 Å². The molecule has 1 N–H and O–H groups in total. The van der Waals surface area contributed by atoms with E-state index < -0.39 is 17.7 Å². The lowest BCUT2D eigenvalue weighted by molar-refractivity contribution is -0.138. The number of halogens is 3. The van der Waals surface area contributed by atoms with E-state index in [2.05, 4.69) is 4.98 Å². The minimum Gasteiger partial charge on any atom is -0.485 e. The van der Waals surface area contributed by atoms with Gasteiger partial charge < -0.3 is 14.3 Å². The largest absolute Gasteiger partial charge is 0.485 e. The molecule has 0 aliphatic rings. The molecule has 1 heterocycles. The van der Waals surface area contributed by atoms with Crippen molar-refractivity contribution in [3.63, 3.8) is 0 Å². The van der Waals surface area contributed by atoms with Crippen LogP contribution in [0.4, 0.5) is 13.2 Å². The van der Waals surface area contributed by atoms with Crippen LogP contribution in [0.25, 0.3) is 11.5 Å². The SMILES string of the molecule is Cc1ccc(CC(=O)O)cc1OCc1oc(-c2ccc(C(F)(F)F)cc2)nc1C. The van der Waals surface area contributed by atoms with Gasteiger partial charge in [-0.3, -0.25) is 4.79 Å². The smallest absolute Gasteiger partial charge is 0.416 e. The summed E-state index contributed by atoms with van der Waals surface area (Å²) in [5, 5.41) is 8.92. The zero-order valence-corrected chi connectivity index (χ0v) is 15.7. The third-order valence-corrected chi connectivity index (χ3v) is 4.32. The average Bonchev–Trinajstić information content (AvgIpc) is 3.02. The second-order valence-electron chi connectivity index (χ2n) is 6.56. The lowest BCUT2D eigenvalue weighted by atomic mass is 10.1. The van der Waals surface area contributed by atoms with E-state index in [0.29, 0.717) is 28.3 Å². The van der Waals surface area contributed by atoms with Crippen molar-refractivity contribution in [2.24, 2.45) is 0 Å². The van der Waals surface area contributed by atoms with Crippen molar-refractivity contribution in [2.75, 3.05) is 0 Å². The van der Waals surface area contributed by atoms with Crippen LogP contribution in [-0.2, 0) is 24.0 Å². The lowest BCUT2D eigenvalue weighted by Crippen LogP contribution is -2.03. The molecule has 5 nitrogen and oxygen atoms in total. The Bertz CT molecular complexity index is 1020. The van der Waals surface area contributed by atoms with Gasteiger partial charge in [0.15, 0.2) is 5.76 Å². The number of hydrogen-bond acceptors (Lipinski definition) is 4. The van der Waals surface area contributed by atoms with Gasteiger partial charge in [0.25, 0.3) is 0 Å². The molecule has 0 fully saturated rings. The monoisotopic (exact) mass is 405 g/mol. The number of carboxylic acids is 1. The van der Waals surface area contributed by atoms with Gasteiger partial charge in [-0.1, -0.05) is 12.1 Å². The molecule has 0 spiro atoms. The van der Waals surface area contributed by atoms with E-state index in [9.17, 15) is 18.0 Å². The number of aromatic nitrogens is 1. The highest BCUT2D eigenvalue weighted by Crippen LogP contribution is 2.31. The van der Waals surface area contributed by atoms with E-state index in [1.165, 1.54) is 12.1 Å². The summed E-state index contributed by atoms with van der Waals surface area (Å²) in [6, 6.07) is 9.71. The number of aryl methyl sites for hydroxylation is 2. The number of alkyl halides is 3. The quantitative estimate of drug-likeness (QED) is 0.612. The number of oxazole rings is 1. The highest BCUT2D eigenvalue weighted by Gasteiger charge is 2.30. The van der Waals surface area contributed by atoms with E-state index in [-0.39, 0.29) is 18.9 Å². The zero-order valence-electron chi connectivity index (χ0n) is 15.7. The maximum Gasteiger partial charge on any atom is 0.416 e. The topological polar surface area (TPSA) is 72.6 Å². The normalized spacial score (nSPS) is 11.5. The summed E-state index contributed by atoms with van der Waals surface area (Å²) in [5.41, 5.74) is 1.67. The van der Waals surface area contributed by atoms with Crippen molar-refractivity contribution < 1.29 is 32.2 Å². The molecule has 0 atom stereocenters. The second kappa shape index (κ2) is 7.98. The summed E-state index contributed by atoms with van der Waals surface area (Å²) in [6.45, 7) is 3.60. The highest BCUT2D eigenvalue weighted by atomic mass is 19.4. The molecule has 152 valence electrons. The molecule has 0 saturated carbocycles. The molecule has 2 aromatic carbocycles. The molecule has 0 amide bonds. The Hall–Kier alpha value is -3.29. The fraction of sp³-hybridized carbons (Fsp3) is 0.238. The molecule has 0 aliphatic carbocycles. The summed E-state index contributed by atoms with van der Waals surface area (Å²) < 4.78 is 49.5. The fourth-order valence-electron chi connectivity index (χ4n) is 2.72. The van der Waals surface area contributed by atoms with Gasteiger partial charge in [0.2, 0.25) is 5.89 Å². The average molecular weight is 405 g/mol. The predicted octanol–water partition coefficient (Wildman–Crippen LogP) is 5.18. The molecule has 0 bridgehead atoms. The molecule has 8 heteroatoms. The molecule has 1 aromatic heterocycles. The van der Waals surface area contributed by atoms with E-state index >= 15 is 0 Å². The minimum atomic E-state index is -4.41. The van der Waals surface area contributed by atoms with E-state index in [4.69, 9.17) is 14.3 Å². The third-order valence-electron chi connectivity index (χ3n) is 4.32. The molecule has 0 unspecified atom stereocenters. The van der Waals surface area contributed by atoms with Gasteiger partial charge >= 0.3 is 12.1 Å². The molecule has 0 aliphatic heterocycles. The van der Waals surface area contributed by atoms with Crippen LogP contribution < -0.4 is 4.74 Å². The van der Waals surface area contributed by atoms with E-state index in [1.54, 1.807) is 25.1 Å². The first-order valence-electron chi connectivity index (χ1n) is 8.71. The van der Waals surface area contributed by atoms with Gasteiger partial charge in [0.1, 0.15) is 12.4 Å². The number of hydrogen-bond donors (Lipinski definition) is 1. The number of benzene rings is 2. The molecule has 3 aromatic rings. The molecular formula is C21H18F3NO4. The Morgan fingerprint density at radius 3 is 2.45 bits per heavy atom. The third kappa shape index (κ3) is 4.96. The predicted molar refractivity (Wildman–Crippen MR) is 98.5 cm³/mol. The second-order valence-corrected chi connectivity index (χ2v) is 6.56. The Kier molecular flexibility index (Phi) is 5.63. The Morgan fingerprint density at radius 2 is 1.83 bits per heavy atom. The first-order chi connectivity index (χ1) is 13.6. The van der Waals surface area contributed by atoms with Crippen LogP contribution in [0.15, 0.2) is 46.9 Å². The molecule has 3 rings (SSSR count). The highest BCUT2D eigenvalue weighted by molar-refractivity contribution is 5.70. The Morgan fingerprint density at radius 1 is 1.14 bits per heavy atom. The minimum absolute atomic E-state index is 0.0524. The number of carbonyl (C=O) groups is 1. The van der Waals surface area contributed by atoms with Crippen molar-refractivity contribution in [3.05, 3.63) is 70.6 Å². The van der Waals surface area contributed by atoms with Crippen molar-refractivity contribution in [1.29, 1.82) is 0 Å². The summed E-state index contributed by atoms with van der Waals surface area (Å²) >= 11 is 0. The van der Waals surface area contributed by atoms with Gasteiger partial charge in [-0.15, -0.1) is 0 Å². The lowest BCUT2D eigenvalue weighted by Gasteiger charge is -2.09. The number of rotatable bonds is 6. The van der Waals surface area contributed by atoms with Crippen molar-refractivity contribution in [1.82, 2.24) is 4.98 Å². The van der Waals surface area contributed by atoms with Gasteiger partial charge in [-0.25, -0.2) is 4.98 Å². The van der Waals surface area contributed by atoms with Gasteiger partial charge in [0.05, 0.1) is 17.7 Å². The molecular weight excluding hydrogens is 387 g/mol. The summed E-state index contributed by atoms with van der Waals surface area (Å²) in [7, 11) is 0. The van der Waals surface area contributed by atoms with E-state index in [1.807, 2.05) is 6.92 Å².